The number of guanidine groups is 1. The van der Waals surface area contributed by atoms with Crippen molar-refractivity contribution < 1.29 is 0 Å². The standard InChI is InChI=1S/C15H32N4/c1-13(2)7-8-17-15(16)18-11-14(3)12-19-9-5-4-6-10-19/h13-14H,4-12H2,1-3H3,(H3,16,17,18). The van der Waals surface area contributed by atoms with Crippen LogP contribution in [0.3, 0.4) is 0 Å². The molecule has 1 rings (SSSR count). The van der Waals surface area contributed by atoms with Crippen LogP contribution in [-0.2, 0) is 0 Å². The fourth-order valence-electron chi connectivity index (χ4n) is 2.44. The fourth-order valence-corrected chi connectivity index (χ4v) is 2.44. The maximum Gasteiger partial charge on any atom is 0.188 e. The second kappa shape index (κ2) is 9.18. The lowest BCUT2D eigenvalue weighted by molar-refractivity contribution is 0.203. The average molecular weight is 268 g/mol. The van der Waals surface area contributed by atoms with Crippen molar-refractivity contribution in [2.75, 3.05) is 32.7 Å². The largest absolute Gasteiger partial charge is 0.370 e. The Bertz CT molecular complexity index is 257. The van der Waals surface area contributed by atoms with Gasteiger partial charge in [-0.2, -0.15) is 0 Å². The van der Waals surface area contributed by atoms with Crippen LogP contribution in [-0.4, -0.2) is 43.6 Å². The number of likely N-dealkylation sites (tertiary alicyclic amines) is 1. The minimum atomic E-state index is 0.587. The lowest BCUT2D eigenvalue weighted by Crippen LogP contribution is -2.36. The number of rotatable bonds is 7. The predicted molar refractivity (Wildman–Crippen MR) is 83.4 cm³/mol. The normalized spacial score (nSPS) is 19.7. The maximum atomic E-state index is 5.87. The molecule has 0 aromatic rings. The summed E-state index contributed by atoms with van der Waals surface area (Å²) in [6.07, 6.45) is 5.25. The van der Waals surface area contributed by atoms with Crippen LogP contribution in [0, 0.1) is 11.8 Å². The summed E-state index contributed by atoms with van der Waals surface area (Å²) in [5, 5.41) is 3.19. The van der Waals surface area contributed by atoms with Crippen LogP contribution in [0.25, 0.3) is 0 Å². The van der Waals surface area contributed by atoms with Crippen LogP contribution < -0.4 is 11.1 Å². The molecule has 1 fully saturated rings. The van der Waals surface area contributed by atoms with Gasteiger partial charge in [-0.25, -0.2) is 0 Å². The van der Waals surface area contributed by atoms with Crippen LogP contribution in [0.2, 0.25) is 0 Å². The van der Waals surface area contributed by atoms with E-state index in [4.69, 9.17) is 5.73 Å². The first-order valence-electron chi connectivity index (χ1n) is 7.84. The number of aliphatic imine (C=N–C) groups is 1. The Morgan fingerprint density at radius 2 is 1.89 bits per heavy atom. The van der Waals surface area contributed by atoms with E-state index in [1.165, 1.54) is 32.4 Å². The van der Waals surface area contributed by atoms with Crippen molar-refractivity contribution in [3.05, 3.63) is 0 Å². The highest BCUT2D eigenvalue weighted by Gasteiger charge is 2.12. The Balaban J connectivity index is 2.14. The van der Waals surface area contributed by atoms with E-state index in [-0.39, 0.29) is 0 Å². The third-order valence-corrected chi connectivity index (χ3v) is 3.62. The van der Waals surface area contributed by atoms with E-state index in [2.05, 4.69) is 36.0 Å². The molecule has 0 aromatic heterocycles. The van der Waals surface area contributed by atoms with Crippen molar-refractivity contribution in [3.8, 4) is 0 Å². The first-order valence-corrected chi connectivity index (χ1v) is 7.84. The van der Waals surface area contributed by atoms with E-state index >= 15 is 0 Å². The second-order valence-corrected chi connectivity index (χ2v) is 6.30. The SMILES string of the molecule is CC(C)CCNC(N)=NCC(C)CN1CCCCC1. The molecule has 0 aliphatic carbocycles. The van der Waals surface area contributed by atoms with Gasteiger partial charge in [-0.15, -0.1) is 0 Å². The van der Waals surface area contributed by atoms with Crippen LogP contribution in [0.5, 0.6) is 0 Å². The molecule has 1 unspecified atom stereocenters. The molecule has 0 saturated carbocycles. The van der Waals surface area contributed by atoms with E-state index in [1.54, 1.807) is 0 Å². The van der Waals surface area contributed by atoms with Crippen molar-refractivity contribution in [1.82, 2.24) is 10.2 Å². The van der Waals surface area contributed by atoms with Gasteiger partial charge in [0.1, 0.15) is 0 Å². The summed E-state index contributed by atoms with van der Waals surface area (Å²) in [5.74, 6) is 1.90. The summed E-state index contributed by atoms with van der Waals surface area (Å²) >= 11 is 0. The lowest BCUT2D eigenvalue weighted by atomic mass is 10.1. The number of hydrogen-bond acceptors (Lipinski definition) is 2. The molecule has 0 spiro atoms. The van der Waals surface area contributed by atoms with Crippen molar-refractivity contribution in [2.24, 2.45) is 22.6 Å². The van der Waals surface area contributed by atoms with Crippen LogP contribution in [0.4, 0.5) is 0 Å². The average Bonchev–Trinajstić information content (AvgIpc) is 2.37. The van der Waals surface area contributed by atoms with Gasteiger partial charge in [0, 0.05) is 19.6 Å². The van der Waals surface area contributed by atoms with E-state index in [0.29, 0.717) is 17.8 Å². The number of nitrogens with two attached hydrogens (primary N) is 1. The summed E-state index contributed by atoms with van der Waals surface area (Å²) < 4.78 is 0. The summed E-state index contributed by atoms with van der Waals surface area (Å²) in [6, 6.07) is 0. The van der Waals surface area contributed by atoms with Gasteiger partial charge in [-0.1, -0.05) is 27.2 Å². The van der Waals surface area contributed by atoms with E-state index in [9.17, 15) is 0 Å². The van der Waals surface area contributed by atoms with Crippen molar-refractivity contribution in [1.29, 1.82) is 0 Å². The highest BCUT2D eigenvalue weighted by atomic mass is 15.1. The Morgan fingerprint density at radius 3 is 2.53 bits per heavy atom. The minimum absolute atomic E-state index is 0.587. The van der Waals surface area contributed by atoms with Crippen molar-refractivity contribution in [3.63, 3.8) is 0 Å². The van der Waals surface area contributed by atoms with Gasteiger partial charge >= 0.3 is 0 Å². The molecule has 0 aromatic carbocycles. The molecular formula is C15H32N4. The van der Waals surface area contributed by atoms with Crippen molar-refractivity contribution in [2.45, 2.75) is 46.5 Å². The molecule has 0 radical (unpaired) electrons. The number of piperidine rings is 1. The van der Waals surface area contributed by atoms with E-state index in [1.807, 2.05) is 0 Å². The molecule has 1 saturated heterocycles. The number of nitrogens with one attached hydrogen (secondary N) is 1. The third kappa shape index (κ3) is 8.09. The molecule has 1 aliphatic rings. The molecule has 0 amide bonds. The van der Waals surface area contributed by atoms with Gasteiger partial charge in [0.25, 0.3) is 0 Å². The van der Waals surface area contributed by atoms with Gasteiger partial charge in [0.2, 0.25) is 0 Å². The Hall–Kier alpha value is -0.770. The third-order valence-electron chi connectivity index (χ3n) is 3.62. The van der Waals surface area contributed by atoms with E-state index in [0.717, 1.165) is 26.1 Å². The molecule has 112 valence electrons. The van der Waals surface area contributed by atoms with Crippen LogP contribution >= 0.6 is 0 Å². The molecule has 19 heavy (non-hydrogen) atoms. The molecule has 3 N–H and O–H groups in total. The predicted octanol–water partition coefficient (Wildman–Crippen LogP) is 2.06. The van der Waals surface area contributed by atoms with Gasteiger partial charge in [-0.3, -0.25) is 4.99 Å². The Morgan fingerprint density at radius 1 is 1.21 bits per heavy atom. The molecule has 1 atom stereocenters. The highest BCUT2D eigenvalue weighted by Crippen LogP contribution is 2.10. The van der Waals surface area contributed by atoms with E-state index < -0.39 is 0 Å². The molecule has 4 heteroatoms. The molecular weight excluding hydrogens is 236 g/mol. The smallest absolute Gasteiger partial charge is 0.188 e. The zero-order valence-electron chi connectivity index (χ0n) is 13.0. The monoisotopic (exact) mass is 268 g/mol. The zero-order valence-corrected chi connectivity index (χ0v) is 13.0. The molecule has 4 nitrogen and oxygen atoms in total. The highest BCUT2D eigenvalue weighted by molar-refractivity contribution is 5.77. The van der Waals surface area contributed by atoms with Gasteiger partial charge < -0.3 is 16.0 Å². The van der Waals surface area contributed by atoms with Crippen molar-refractivity contribution >= 4 is 5.96 Å². The quantitative estimate of drug-likeness (QED) is 0.549. The van der Waals surface area contributed by atoms with Crippen LogP contribution in [0.15, 0.2) is 4.99 Å². The first-order chi connectivity index (χ1) is 9.08. The van der Waals surface area contributed by atoms with Crippen LogP contribution in [0.1, 0.15) is 46.5 Å². The molecule has 0 bridgehead atoms. The molecule has 1 aliphatic heterocycles. The fraction of sp³-hybridized carbons (Fsp3) is 0.933. The first kappa shape index (κ1) is 16.3. The topological polar surface area (TPSA) is 53.6 Å². The number of nitrogens with zero attached hydrogens (tertiary/aromatic N) is 2. The lowest BCUT2D eigenvalue weighted by Gasteiger charge is -2.28. The molecule has 1 heterocycles. The van der Waals surface area contributed by atoms with Gasteiger partial charge in [-0.05, 0) is 44.2 Å². The summed E-state index contributed by atoms with van der Waals surface area (Å²) in [6.45, 7) is 12.1. The minimum Gasteiger partial charge on any atom is -0.370 e. The number of hydrogen-bond donors (Lipinski definition) is 2. The maximum absolute atomic E-state index is 5.87. The Kier molecular flexibility index (Phi) is 7.87. The van der Waals surface area contributed by atoms with Gasteiger partial charge in [0.15, 0.2) is 5.96 Å². The Labute approximate surface area is 118 Å². The second-order valence-electron chi connectivity index (χ2n) is 6.30. The summed E-state index contributed by atoms with van der Waals surface area (Å²) in [4.78, 5) is 7.00. The van der Waals surface area contributed by atoms with Gasteiger partial charge in [0.05, 0.1) is 0 Å². The summed E-state index contributed by atoms with van der Waals surface area (Å²) in [7, 11) is 0. The zero-order chi connectivity index (χ0) is 14.1. The summed E-state index contributed by atoms with van der Waals surface area (Å²) in [5.41, 5.74) is 5.87.